The fraction of sp³-hybridized carbons (Fsp3) is 0.833. The van der Waals surface area contributed by atoms with Gasteiger partial charge in [-0.05, 0) is 13.0 Å². The summed E-state index contributed by atoms with van der Waals surface area (Å²) in [5.74, 6) is -0.0535. The molecule has 0 amide bonds. The predicted octanol–water partition coefficient (Wildman–Crippen LogP) is -0.335. The van der Waals surface area contributed by atoms with Gasteiger partial charge in [0.2, 0.25) is 0 Å². The molecule has 50 valence electrons. The molecule has 1 N–H and O–H groups in total. The second-order valence-electron chi connectivity index (χ2n) is 2.79. The quantitative estimate of drug-likeness (QED) is 0.453. The fourth-order valence-electron chi connectivity index (χ4n) is 1.35. The van der Waals surface area contributed by atoms with Crippen LogP contribution in [0.5, 0.6) is 0 Å². The molecule has 2 aliphatic heterocycles. The minimum atomic E-state index is -0.0535. The van der Waals surface area contributed by atoms with Crippen LogP contribution in [-0.4, -0.2) is 24.7 Å². The Balaban J connectivity index is 2.07. The second kappa shape index (κ2) is 1.48. The van der Waals surface area contributed by atoms with Crippen molar-refractivity contribution >= 4 is 5.97 Å². The maximum atomic E-state index is 10.6. The molecule has 1 atom stereocenters. The van der Waals surface area contributed by atoms with E-state index in [4.69, 9.17) is 4.74 Å². The summed E-state index contributed by atoms with van der Waals surface area (Å²) in [5, 5.41) is 3.21. The minimum Gasteiger partial charge on any atom is -0.464 e. The third-order valence-electron chi connectivity index (χ3n) is 2.10. The Bertz CT molecular complexity index is 151. The van der Waals surface area contributed by atoms with Gasteiger partial charge in [0.15, 0.2) is 0 Å². The van der Waals surface area contributed by atoms with E-state index >= 15 is 0 Å². The number of esters is 1. The Hall–Kier alpha value is -0.570. The smallest absolute Gasteiger partial charge is 0.307 e. The van der Waals surface area contributed by atoms with Crippen molar-refractivity contribution in [3.05, 3.63) is 0 Å². The van der Waals surface area contributed by atoms with Crippen molar-refractivity contribution < 1.29 is 9.53 Å². The van der Waals surface area contributed by atoms with E-state index < -0.39 is 0 Å². The first-order valence-electron chi connectivity index (χ1n) is 3.21. The third-order valence-corrected chi connectivity index (χ3v) is 2.10. The van der Waals surface area contributed by atoms with Crippen LogP contribution in [0.15, 0.2) is 0 Å². The highest BCUT2D eigenvalue weighted by atomic mass is 16.5. The number of ether oxygens (including phenoxy) is 1. The van der Waals surface area contributed by atoms with Gasteiger partial charge in [0.25, 0.3) is 0 Å². The summed E-state index contributed by atoms with van der Waals surface area (Å²) in [5.41, 5.74) is 0.0666. The summed E-state index contributed by atoms with van der Waals surface area (Å²) in [6.45, 7) is 1.63. The van der Waals surface area contributed by atoms with Crippen molar-refractivity contribution in [2.45, 2.75) is 18.4 Å². The number of rotatable bonds is 0. The van der Waals surface area contributed by atoms with Crippen LogP contribution in [0.4, 0.5) is 0 Å². The van der Waals surface area contributed by atoms with Gasteiger partial charge < -0.3 is 10.1 Å². The Morgan fingerprint density at radius 2 is 2.44 bits per heavy atom. The summed E-state index contributed by atoms with van der Waals surface area (Å²) in [4.78, 5) is 10.6. The van der Waals surface area contributed by atoms with Gasteiger partial charge in [-0.2, -0.15) is 0 Å². The van der Waals surface area contributed by atoms with Gasteiger partial charge in [0, 0.05) is 0 Å². The molecular weight excluding hydrogens is 118 g/mol. The van der Waals surface area contributed by atoms with Gasteiger partial charge in [-0.1, -0.05) is 0 Å². The molecule has 0 aromatic rings. The van der Waals surface area contributed by atoms with Gasteiger partial charge in [-0.25, -0.2) is 0 Å². The highest BCUT2D eigenvalue weighted by Gasteiger charge is 2.44. The van der Waals surface area contributed by atoms with Crippen LogP contribution in [-0.2, 0) is 9.53 Å². The molecule has 2 aliphatic rings. The molecule has 2 rings (SSSR count). The number of nitrogens with one attached hydrogen (secondary N) is 1. The summed E-state index contributed by atoms with van der Waals surface area (Å²) < 4.78 is 4.81. The molecule has 3 nitrogen and oxygen atoms in total. The Morgan fingerprint density at radius 3 is 2.67 bits per heavy atom. The summed E-state index contributed by atoms with van der Waals surface area (Å²) in [6, 6.07) is 0. The van der Waals surface area contributed by atoms with E-state index in [1.807, 2.05) is 0 Å². The maximum Gasteiger partial charge on any atom is 0.307 e. The topological polar surface area (TPSA) is 38.3 Å². The molecule has 2 fully saturated rings. The van der Waals surface area contributed by atoms with E-state index in [9.17, 15) is 4.79 Å². The van der Waals surface area contributed by atoms with Gasteiger partial charge in [-0.3, -0.25) is 4.79 Å². The van der Waals surface area contributed by atoms with Crippen molar-refractivity contribution in [2.75, 3.05) is 13.2 Å². The van der Waals surface area contributed by atoms with Crippen LogP contribution in [0.2, 0.25) is 0 Å². The largest absolute Gasteiger partial charge is 0.464 e. The van der Waals surface area contributed by atoms with Crippen LogP contribution in [0.3, 0.4) is 0 Å². The van der Waals surface area contributed by atoms with Gasteiger partial charge >= 0.3 is 5.97 Å². The highest BCUT2D eigenvalue weighted by molar-refractivity contribution is 5.73. The lowest BCUT2D eigenvalue weighted by Gasteiger charge is -2.36. The number of carbonyl (C=O) groups excluding carboxylic acids is 1. The first-order valence-corrected chi connectivity index (χ1v) is 3.21. The van der Waals surface area contributed by atoms with E-state index in [0.29, 0.717) is 13.0 Å². The molecule has 0 bridgehead atoms. The van der Waals surface area contributed by atoms with E-state index in [2.05, 4.69) is 5.32 Å². The van der Waals surface area contributed by atoms with Gasteiger partial charge in [0.1, 0.15) is 6.61 Å². The summed E-state index contributed by atoms with van der Waals surface area (Å²) in [7, 11) is 0. The molecule has 1 unspecified atom stereocenters. The molecule has 0 radical (unpaired) electrons. The van der Waals surface area contributed by atoms with E-state index in [1.165, 1.54) is 0 Å². The fourth-order valence-corrected chi connectivity index (χ4v) is 1.35. The predicted molar refractivity (Wildman–Crippen MR) is 30.9 cm³/mol. The van der Waals surface area contributed by atoms with Crippen molar-refractivity contribution in [1.29, 1.82) is 0 Å². The average molecular weight is 127 g/mol. The van der Waals surface area contributed by atoms with Crippen LogP contribution in [0, 0.1) is 0 Å². The minimum absolute atomic E-state index is 0.0535. The monoisotopic (exact) mass is 127 g/mol. The molecule has 2 saturated heterocycles. The lowest BCUT2D eigenvalue weighted by molar-refractivity contribution is -0.137. The molecule has 0 saturated carbocycles. The molecule has 3 heteroatoms. The zero-order valence-corrected chi connectivity index (χ0v) is 5.14. The summed E-state index contributed by atoms with van der Waals surface area (Å²) >= 11 is 0. The van der Waals surface area contributed by atoms with Crippen LogP contribution in [0.25, 0.3) is 0 Å². The van der Waals surface area contributed by atoms with Crippen molar-refractivity contribution in [3.8, 4) is 0 Å². The van der Waals surface area contributed by atoms with E-state index in [-0.39, 0.29) is 11.5 Å². The lowest BCUT2D eigenvalue weighted by atomic mass is 9.87. The molecule has 0 aromatic carbocycles. The van der Waals surface area contributed by atoms with E-state index in [1.54, 1.807) is 0 Å². The molecular formula is C6H9NO2. The number of hydrogen-bond acceptors (Lipinski definition) is 3. The Morgan fingerprint density at radius 1 is 1.67 bits per heavy atom. The number of hydrogen-bond donors (Lipinski definition) is 1. The normalized spacial score (nSPS) is 40.7. The summed E-state index contributed by atoms with van der Waals surface area (Å²) in [6.07, 6.45) is 1.67. The third kappa shape index (κ3) is 0.645. The van der Waals surface area contributed by atoms with Crippen molar-refractivity contribution in [1.82, 2.24) is 5.32 Å². The van der Waals surface area contributed by atoms with Crippen molar-refractivity contribution in [2.24, 2.45) is 0 Å². The van der Waals surface area contributed by atoms with Crippen LogP contribution in [0.1, 0.15) is 12.8 Å². The van der Waals surface area contributed by atoms with Crippen LogP contribution < -0.4 is 5.32 Å². The SMILES string of the molecule is O=C1CC2(CCN2)CO1. The number of cyclic esters (lactones) is 1. The molecule has 0 aliphatic carbocycles. The zero-order valence-electron chi connectivity index (χ0n) is 5.14. The maximum absolute atomic E-state index is 10.6. The molecule has 2 heterocycles. The van der Waals surface area contributed by atoms with Crippen molar-refractivity contribution in [3.63, 3.8) is 0 Å². The van der Waals surface area contributed by atoms with E-state index in [0.717, 1.165) is 13.0 Å². The van der Waals surface area contributed by atoms with Gasteiger partial charge in [-0.15, -0.1) is 0 Å². The standard InChI is InChI=1S/C6H9NO2/c8-5-3-6(4-9-5)1-2-7-6/h7H,1-4H2. The first kappa shape index (κ1) is 5.23. The number of carbonyl (C=O) groups is 1. The lowest BCUT2D eigenvalue weighted by Crippen LogP contribution is -2.57. The molecule has 9 heavy (non-hydrogen) atoms. The molecule has 0 aromatic heterocycles. The van der Waals surface area contributed by atoms with Crippen LogP contribution >= 0.6 is 0 Å². The average Bonchev–Trinajstić information content (AvgIpc) is 2.09. The Labute approximate surface area is 53.4 Å². The second-order valence-corrected chi connectivity index (χ2v) is 2.79. The first-order chi connectivity index (χ1) is 4.31. The Kier molecular flexibility index (Phi) is 0.858. The highest BCUT2D eigenvalue weighted by Crippen LogP contribution is 2.28. The molecule has 1 spiro atoms. The van der Waals surface area contributed by atoms with Gasteiger partial charge in [0.05, 0.1) is 12.0 Å². The zero-order chi connectivity index (χ0) is 6.32.